The van der Waals surface area contributed by atoms with E-state index >= 15 is 0 Å². The molecule has 9 atom stereocenters. The lowest BCUT2D eigenvalue weighted by molar-refractivity contribution is -0.202. The molecular formula is C30H46O4. The summed E-state index contributed by atoms with van der Waals surface area (Å²) in [5.41, 5.74) is 0.142. The summed E-state index contributed by atoms with van der Waals surface area (Å²) in [4.78, 5) is 26.4. The number of aliphatic carboxylic acids is 1. The number of hydrogen-bond donors (Lipinski definition) is 2. The maximum Gasteiger partial charge on any atom is 0.309 e. The quantitative estimate of drug-likeness (QED) is 0.464. The summed E-state index contributed by atoms with van der Waals surface area (Å²) >= 11 is 0. The van der Waals surface area contributed by atoms with Crippen LogP contribution in [0.15, 0.2) is 11.6 Å². The molecule has 190 valence electrons. The Hall–Kier alpha value is -1.16. The van der Waals surface area contributed by atoms with E-state index < -0.39 is 11.4 Å². The third kappa shape index (κ3) is 2.81. The van der Waals surface area contributed by atoms with Gasteiger partial charge in [-0.15, -0.1) is 0 Å². The average Bonchev–Trinajstić information content (AvgIpc) is 2.73. The highest BCUT2D eigenvalue weighted by Gasteiger charge is 2.70. The van der Waals surface area contributed by atoms with E-state index in [4.69, 9.17) is 0 Å². The van der Waals surface area contributed by atoms with Crippen molar-refractivity contribution in [3.63, 3.8) is 0 Å². The van der Waals surface area contributed by atoms with Crippen molar-refractivity contribution >= 4 is 11.8 Å². The zero-order chi connectivity index (χ0) is 25.1. The van der Waals surface area contributed by atoms with Gasteiger partial charge in [-0.1, -0.05) is 47.1 Å². The number of aliphatic hydroxyl groups excluding tert-OH is 1. The van der Waals surface area contributed by atoms with E-state index in [0.29, 0.717) is 12.3 Å². The van der Waals surface area contributed by atoms with Gasteiger partial charge in [-0.25, -0.2) is 0 Å². The van der Waals surface area contributed by atoms with Crippen molar-refractivity contribution in [3.05, 3.63) is 11.6 Å². The first kappa shape index (κ1) is 24.5. The van der Waals surface area contributed by atoms with E-state index in [1.165, 1.54) is 5.57 Å². The van der Waals surface area contributed by atoms with Crippen LogP contribution in [-0.4, -0.2) is 28.1 Å². The van der Waals surface area contributed by atoms with Crippen LogP contribution in [-0.2, 0) is 9.59 Å². The summed E-state index contributed by atoms with van der Waals surface area (Å²) in [6, 6.07) is 0. The molecule has 4 nitrogen and oxygen atoms in total. The van der Waals surface area contributed by atoms with Gasteiger partial charge in [0.05, 0.1) is 11.5 Å². The predicted molar refractivity (Wildman–Crippen MR) is 133 cm³/mol. The lowest BCUT2D eigenvalue weighted by atomic mass is 9.33. The van der Waals surface area contributed by atoms with Gasteiger partial charge in [0.15, 0.2) is 5.78 Å². The number of rotatable bonds is 1. The molecule has 0 aromatic rings. The molecule has 0 aromatic carbocycles. The van der Waals surface area contributed by atoms with Crippen LogP contribution in [0.3, 0.4) is 0 Å². The molecule has 34 heavy (non-hydrogen) atoms. The molecule has 0 aromatic heterocycles. The van der Waals surface area contributed by atoms with Gasteiger partial charge >= 0.3 is 5.97 Å². The maximum absolute atomic E-state index is 14.2. The van der Waals surface area contributed by atoms with Gasteiger partial charge < -0.3 is 10.2 Å². The number of carbonyl (C=O) groups excluding carboxylic acids is 1. The number of carboxylic acid groups (broad SMARTS) is 1. The van der Waals surface area contributed by atoms with Gasteiger partial charge in [0, 0.05) is 5.92 Å². The second-order valence-corrected chi connectivity index (χ2v) is 14.9. The Kier molecular flexibility index (Phi) is 5.04. The molecular weight excluding hydrogens is 424 g/mol. The number of allylic oxidation sites excluding steroid dienone is 2. The Bertz CT molecular complexity index is 965. The van der Waals surface area contributed by atoms with Crippen molar-refractivity contribution < 1.29 is 19.8 Å². The molecule has 4 saturated carbocycles. The van der Waals surface area contributed by atoms with Crippen molar-refractivity contribution in [3.8, 4) is 0 Å². The highest BCUT2D eigenvalue weighted by Crippen LogP contribution is 2.75. The Morgan fingerprint density at radius 2 is 1.56 bits per heavy atom. The van der Waals surface area contributed by atoms with Gasteiger partial charge in [0.1, 0.15) is 0 Å². The van der Waals surface area contributed by atoms with Crippen molar-refractivity contribution in [2.24, 2.45) is 50.2 Å². The van der Waals surface area contributed by atoms with Crippen molar-refractivity contribution in [1.29, 1.82) is 0 Å². The highest BCUT2D eigenvalue weighted by atomic mass is 16.4. The molecule has 2 unspecified atom stereocenters. The first-order chi connectivity index (χ1) is 15.6. The Morgan fingerprint density at radius 3 is 2.21 bits per heavy atom. The van der Waals surface area contributed by atoms with Gasteiger partial charge in [-0.05, 0) is 110 Å². The van der Waals surface area contributed by atoms with Crippen LogP contribution in [0.5, 0.6) is 0 Å². The van der Waals surface area contributed by atoms with Crippen molar-refractivity contribution in [2.75, 3.05) is 0 Å². The van der Waals surface area contributed by atoms with Crippen LogP contribution in [0.4, 0.5) is 0 Å². The van der Waals surface area contributed by atoms with E-state index in [-0.39, 0.29) is 50.8 Å². The third-order valence-corrected chi connectivity index (χ3v) is 13.1. The Morgan fingerprint density at radius 1 is 0.912 bits per heavy atom. The monoisotopic (exact) mass is 470 g/mol. The topological polar surface area (TPSA) is 74.6 Å². The zero-order valence-electron chi connectivity index (χ0n) is 22.5. The summed E-state index contributed by atoms with van der Waals surface area (Å²) < 4.78 is 0. The SMILES string of the molecule is CC1(C(=O)O)CC[C@]2(C)CC[C@]3(C)C(=CC(=O)[C@@H]4[C@@]5(C)CC[C@H](O)C(C)(C)C5CC[C@]43C)[C@@H]2C1. The largest absolute Gasteiger partial charge is 0.481 e. The molecule has 0 radical (unpaired) electrons. The van der Waals surface area contributed by atoms with E-state index in [1.807, 2.05) is 13.0 Å². The van der Waals surface area contributed by atoms with E-state index in [9.17, 15) is 19.8 Å². The number of ketones is 1. The molecule has 0 spiro atoms. The minimum absolute atomic E-state index is 0.0296. The summed E-state index contributed by atoms with van der Waals surface area (Å²) in [7, 11) is 0. The molecule has 0 aliphatic heterocycles. The molecule has 5 aliphatic rings. The summed E-state index contributed by atoms with van der Waals surface area (Å²) in [5, 5.41) is 20.9. The minimum Gasteiger partial charge on any atom is -0.481 e. The Balaban J connectivity index is 1.62. The number of aliphatic hydroxyl groups is 1. The van der Waals surface area contributed by atoms with Gasteiger partial charge in [-0.2, -0.15) is 0 Å². The molecule has 0 heterocycles. The summed E-state index contributed by atoms with van der Waals surface area (Å²) in [5.74, 6) is 0.0603. The van der Waals surface area contributed by atoms with Gasteiger partial charge in [-0.3, -0.25) is 9.59 Å². The lowest BCUT2D eigenvalue weighted by Crippen LogP contribution is -2.66. The van der Waals surface area contributed by atoms with Crippen molar-refractivity contribution in [2.45, 2.75) is 112 Å². The van der Waals surface area contributed by atoms with E-state index in [2.05, 4.69) is 41.5 Å². The molecule has 5 rings (SSSR count). The third-order valence-electron chi connectivity index (χ3n) is 13.1. The van der Waals surface area contributed by atoms with Crippen molar-refractivity contribution in [1.82, 2.24) is 0 Å². The first-order valence-electron chi connectivity index (χ1n) is 13.7. The second-order valence-electron chi connectivity index (χ2n) is 14.9. The molecule has 2 N–H and O–H groups in total. The Labute approximate surface area is 206 Å². The lowest BCUT2D eigenvalue weighted by Gasteiger charge is -2.70. The van der Waals surface area contributed by atoms with Crippen LogP contribution >= 0.6 is 0 Å². The second kappa shape index (κ2) is 6.99. The van der Waals surface area contributed by atoms with Gasteiger partial charge in [0.25, 0.3) is 0 Å². The van der Waals surface area contributed by atoms with Crippen LogP contribution in [0.25, 0.3) is 0 Å². The number of carboxylic acids is 1. The average molecular weight is 471 g/mol. The smallest absolute Gasteiger partial charge is 0.309 e. The van der Waals surface area contributed by atoms with Crippen LogP contribution in [0.2, 0.25) is 0 Å². The van der Waals surface area contributed by atoms with Gasteiger partial charge in [0.2, 0.25) is 0 Å². The molecule has 0 bridgehead atoms. The molecule has 4 heteroatoms. The molecule has 0 saturated heterocycles. The van der Waals surface area contributed by atoms with Crippen LogP contribution < -0.4 is 0 Å². The predicted octanol–water partition coefficient (Wildman–Crippen LogP) is 6.41. The number of carbonyl (C=O) groups is 2. The van der Waals surface area contributed by atoms with Crippen LogP contribution in [0, 0.1) is 50.2 Å². The normalized spacial score (nSPS) is 54.1. The standard InChI is InChI=1S/C30H46O4/c1-25(2)21-8-11-30(7)23(28(21,5)10-9-22(25)32)20(31)16-18-19-17-27(4,24(33)34)13-12-26(19,3)14-15-29(18,30)6/h16,19,21-23,32H,8-15,17H2,1-7H3,(H,33,34)/t19-,21?,22-,23+,26+,27?,28-,29+,30+/m0/s1. The minimum atomic E-state index is -0.711. The molecule has 0 amide bonds. The fourth-order valence-electron chi connectivity index (χ4n) is 10.4. The fourth-order valence-corrected chi connectivity index (χ4v) is 10.4. The first-order valence-corrected chi connectivity index (χ1v) is 13.7. The summed E-state index contributed by atoms with van der Waals surface area (Å²) in [6.07, 6.45) is 9.95. The maximum atomic E-state index is 14.2. The molecule has 4 fully saturated rings. The summed E-state index contributed by atoms with van der Waals surface area (Å²) in [6.45, 7) is 15.8. The number of hydrogen-bond acceptors (Lipinski definition) is 3. The fraction of sp³-hybridized carbons (Fsp3) is 0.867. The van der Waals surface area contributed by atoms with E-state index in [0.717, 1.165) is 51.4 Å². The number of fused-ring (bicyclic) bond motifs is 7. The van der Waals surface area contributed by atoms with Crippen LogP contribution in [0.1, 0.15) is 106 Å². The molecule has 5 aliphatic carbocycles. The zero-order valence-corrected chi connectivity index (χ0v) is 22.5. The highest BCUT2D eigenvalue weighted by molar-refractivity contribution is 5.95. The van der Waals surface area contributed by atoms with E-state index in [1.54, 1.807) is 0 Å².